The van der Waals surface area contributed by atoms with Gasteiger partial charge in [0, 0.05) is 38.4 Å². The molecule has 0 spiro atoms. The van der Waals surface area contributed by atoms with Gasteiger partial charge in [-0.2, -0.15) is 0 Å². The molecule has 1 fully saturated rings. The zero-order valence-corrected chi connectivity index (χ0v) is 12.3. The zero-order chi connectivity index (χ0) is 13.0. The molecule has 1 amide bonds. The molecule has 1 aromatic rings. The molecule has 0 unspecified atom stereocenters. The topological polar surface area (TPSA) is 35.6 Å². The van der Waals surface area contributed by atoms with Gasteiger partial charge in [0.15, 0.2) is 0 Å². The lowest BCUT2D eigenvalue weighted by Crippen LogP contribution is -2.52. The predicted octanol–water partition coefficient (Wildman–Crippen LogP) is 1.36. The Kier molecular flexibility index (Phi) is 6.28. The minimum Gasteiger partial charge on any atom is -0.314 e. The summed E-state index contributed by atoms with van der Waals surface area (Å²) in [5.74, 6) is 0.148. The monoisotopic (exact) mass is 283 g/mol. The molecule has 0 aromatic heterocycles. The number of rotatable bonds is 3. The Bertz CT molecular complexity index is 399. The quantitative estimate of drug-likeness (QED) is 0.910. The van der Waals surface area contributed by atoms with Crippen molar-refractivity contribution in [1.29, 1.82) is 0 Å². The van der Waals surface area contributed by atoms with Crippen LogP contribution in [0.5, 0.6) is 0 Å². The number of carbonyl (C=O) groups is 1. The van der Waals surface area contributed by atoms with Crippen molar-refractivity contribution in [2.45, 2.75) is 13.0 Å². The smallest absolute Gasteiger partial charge is 0.240 e. The van der Waals surface area contributed by atoms with Crippen molar-refractivity contribution in [3.05, 3.63) is 30.3 Å². The highest BCUT2D eigenvalue weighted by atomic mass is 35.5. The van der Waals surface area contributed by atoms with Crippen molar-refractivity contribution in [3.63, 3.8) is 0 Å². The molecule has 0 saturated carbocycles. The number of carbonyl (C=O) groups excluding carboxylic acids is 1. The maximum Gasteiger partial charge on any atom is 0.240 e. The molecule has 1 aliphatic heterocycles. The van der Waals surface area contributed by atoms with E-state index in [0.29, 0.717) is 12.6 Å². The number of hydrogen-bond donors (Lipinski definition) is 1. The Morgan fingerprint density at radius 3 is 2.74 bits per heavy atom. The Labute approximate surface area is 121 Å². The highest BCUT2D eigenvalue weighted by molar-refractivity contribution is 5.94. The number of amides is 1. The molecule has 1 atom stereocenters. The zero-order valence-electron chi connectivity index (χ0n) is 11.5. The molecule has 4 nitrogen and oxygen atoms in total. The number of nitrogens with zero attached hydrogens (tertiary/aromatic N) is 2. The summed E-state index contributed by atoms with van der Waals surface area (Å²) < 4.78 is 0. The standard InChI is InChI=1S/C14H21N3O.ClH/c1-12-10-15-8-9-17(12)11-14(18)16(2)13-6-4-3-5-7-13;/h3-7,12,15H,8-11H2,1-2H3;1H/t12-;/m1./s1. The lowest BCUT2D eigenvalue weighted by molar-refractivity contribution is -0.120. The van der Waals surface area contributed by atoms with Crippen LogP contribution in [0.25, 0.3) is 0 Å². The Morgan fingerprint density at radius 2 is 2.11 bits per heavy atom. The van der Waals surface area contributed by atoms with Crippen LogP contribution in [-0.2, 0) is 4.79 Å². The van der Waals surface area contributed by atoms with E-state index < -0.39 is 0 Å². The van der Waals surface area contributed by atoms with Crippen molar-refractivity contribution < 1.29 is 4.79 Å². The van der Waals surface area contributed by atoms with Crippen molar-refractivity contribution in [1.82, 2.24) is 10.2 Å². The third-order valence-corrected chi connectivity index (χ3v) is 3.49. The molecule has 0 radical (unpaired) electrons. The molecular formula is C14H22ClN3O. The molecule has 19 heavy (non-hydrogen) atoms. The third-order valence-electron chi connectivity index (χ3n) is 3.49. The highest BCUT2D eigenvalue weighted by Crippen LogP contribution is 2.12. The van der Waals surface area contributed by atoms with Gasteiger partial charge < -0.3 is 10.2 Å². The largest absolute Gasteiger partial charge is 0.314 e. The van der Waals surface area contributed by atoms with E-state index >= 15 is 0 Å². The van der Waals surface area contributed by atoms with Crippen LogP contribution >= 0.6 is 12.4 Å². The van der Waals surface area contributed by atoms with Gasteiger partial charge in [-0.05, 0) is 19.1 Å². The average Bonchev–Trinajstić information content (AvgIpc) is 2.41. The second-order valence-electron chi connectivity index (χ2n) is 4.81. The van der Waals surface area contributed by atoms with Gasteiger partial charge in [-0.15, -0.1) is 12.4 Å². The Balaban J connectivity index is 0.00000180. The number of benzene rings is 1. The molecular weight excluding hydrogens is 262 g/mol. The van der Waals surface area contributed by atoms with Gasteiger partial charge in [0.25, 0.3) is 0 Å². The average molecular weight is 284 g/mol. The Hall–Kier alpha value is -1.10. The molecule has 1 saturated heterocycles. The van der Waals surface area contributed by atoms with Gasteiger partial charge in [0.05, 0.1) is 6.54 Å². The number of para-hydroxylation sites is 1. The Morgan fingerprint density at radius 1 is 1.42 bits per heavy atom. The SMILES string of the molecule is C[C@@H]1CNCCN1CC(=O)N(C)c1ccccc1.Cl. The van der Waals surface area contributed by atoms with Crippen LogP contribution in [0.1, 0.15) is 6.92 Å². The summed E-state index contributed by atoms with van der Waals surface area (Å²) in [6.45, 7) is 5.51. The summed E-state index contributed by atoms with van der Waals surface area (Å²) in [7, 11) is 1.84. The molecule has 0 bridgehead atoms. The minimum absolute atomic E-state index is 0. The first-order valence-corrected chi connectivity index (χ1v) is 6.45. The molecule has 1 aliphatic rings. The van der Waals surface area contributed by atoms with Crippen LogP contribution in [0.3, 0.4) is 0 Å². The molecule has 106 valence electrons. The number of nitrogens with one attached hydrogen (secondary N) is 1. The fourth-order valence-corrected chi connectivity index (χ4v) is 2.19. The molecule has 1 heterocycles. The van der Waals surface area contributed by atoms with Crippen molar-refractivity contribution >= 4 is 24.0 Å². The van der Waals surface area contributed by atoms with E-state index in [4.69, 9.17) is 0 Å². The van der Waals surface area contributed by atoms with Crippen molar-refractivity contribution in [3.8, 4) is 0 Å². The summed E-state index contributed by atoms with van der Waals surface area (Å²) >= 11 is 0. The van der Waals surface area contributed by atoms with Crippen LogP contribution in [0.2, 0.25) is 0 Å². The second kappa shape index (κ2) is 7.48. The van der Waals surface area contributed by atoms with E-state index in [-0.39, 0.29) is 18.3 Å². The predicted molar refractivity (Wildman–Crippen MR) is 81.0 cm³/mol. The van der Waals surface area contributed by atoms with Crippen molar-refractivity contribution in [2.24, 2.45) is 0 Å². The minimum atomic E-state index is 0. The molecule has 1 aromatic carbocycles. The first kappa shape index (κ1) is 16.0. The van der Waals surface area contributed by atoms with Crippen LogP contribution in [-0.4, -0.2) is 50.1 Å². The van der Waals surface area contributed by atoms with Gasteiger partial charge in [0.2, 0.25) is 5.91 Å². The van der Waals surface area contributed by atoms with Crippen LogP contribution in [0.15, 0.2) is 30.3 Å². The highest BCUT2D eigenvalue weighted by Gasteiger charge is 2.22. The second-order valence-corrected chi connectivity index (χ2v) is 4.81. The summed E-state index contributed by atoms with van der Waals surface area (Å²) in [6.07, 6.45) is 0. The van der Waals surface area contributed by atoms with Crippen LogP contribution < -0.4 is 10.2 Å². The lowest BCUT2D eigenvalue weighted by atomic mass is 10.2. The van der Waals surface area contributed by atoms with Crippen molar-refractivity contribution in [2.75, 3.05) is 38.1 Å². The first-order valence-electron chi connectivity index (χ1n) is 6.45. The normalized spacial score (nSPS) is 19.6. The fraction of sp³-hybridized carbons (Fsp3) is 0.500. The van der Waals surface area contributed by atoms with Gasteiger partial charge in [-0.3, -0.25) is 9.69 Å². The fourth-order valence-electron chi connectivity index (χ4n) is 2.19. The number of likely N-dealkylation sites (N-methyl/N-ethyl adjacent to an activating group) is 1. The number of halogens is 1. The van der Waals surface area contributed by atoms with Gasteiger partial charge in [0.1, 0.15) is 0 Å². The summed E-state index contributed by atoms with van der Waals surface area (Å²) in [6, 6.07) is 10.2. The molecule has 5 heteroatoms. The van der Waals surface area contributed by atoms with Gasteiger partial charge in [-0.1, -0.05) is 18.2 Å². The molecule has 1 N–H and O–H groups in total. The van der Waals surface area contributed by atoms with E-state index in [1.807, 2.05) is 37.4 Å². The lowest BCUT2D eigenvalue weighted by Gasteiger charge is -2.34. The number of piperazine rings is 1. The summed E-state index contributed by atoms with van der Waals surface area (Å²) in [4.78, 5) is 16.2. The van der Waals surface area contributed by atoms with Gasteiger partial charge in [-0.25, -0.2) is 0 Å². The summed E-state index contributed by atoms with van der Waals surface area (Å²) in [5.41, 5.74) is 0.949. The van der Waals surface area contributed by atoms with E-state index in [1.54, 1.807) is 4.90 Å². The van der Waals surface area contributed by atoms with E-state index in [9.17, 15) is 4.79 Å². The first-order chi connectivity index (χ1) is 8.68. The van der Waals surface area contributed by atoms with Crippen LogP contribution in [0, 0.1) is 0 Å². The summed E-state index contributed by atoms with van der Waals surface area (Å²) in [5, 5.41) is 3.33. The van der Waals surface area contributed by atoms with Crippen LogP contribution in [0.4, 0.5) is 5.69 Å². The number of anilines is 1. The maximum absolute atomic E-state index is 12.2. The van der Waals surface area contributed by atoms with E-state index in [1.165, 1.54) is 0 Å². The number of hydrogen-bond acceptors (Lipinski definition) is 3. The van der Waals surface area contributed by atoms with E-state index in [0.717, 1.165) is 25.3 Å². The van der Waals surface area contributed by atoms with E-state index in [2.05, 4.69) is 17.1 Å². The molecule has 0 aliphatic carbocycles. The maximum atomic E-state index is 12.2. The molecule has 2 rings (SSSR count). The van der Waals surface area contributed by atoms with Gasteiger partial charge >= 0.3 is 0 Å². The third kappa shape index (κ3) is 4.20.